The van der Waals surface area contributed by atoms with E-state index in [0.717, 1.165) is 18.5 Å². The maximum atomic E-state index is 13.1. The average Bonchev–Trinajstić information content (AvgIpc) is 2.62. The van der Waals surface area contributed by atoms with E-state index in [-0.39, 0.29) is 16.2 Å². The molecule has 2 N–H and O–H groups in total. The molecule has 0 radical (unpaired) electrons. The fourth-order valence-corrected chi connectivity index (χ4v) is 5.74. The molecule has 0 bridgehead atoms. The number of dihydropyridines is 1. The summed E-state index contributed by atoms with van der Waals surface area (Å²) in [5, 5.41) is 23.1. The number of nitrogens with zero attached hydrogens (tertiary/aromatic N) is 1. The zero-order chi connectivity index (χ0) is 21.5. The molecule has 2 atom stereocenters. The van der Waals surface area contributed by atoms with E-state index in [0.29, 0.717) is 35.2 Å². The van der Waals surface area contributed by atoms with Crippen LogP contribution in [0.15, 0.2) is 44.0 Å². The minimum atomic E-state index is -4.24. The maximum Gasteiger partial charge on any atom is 0.265 e. The van der Waals surface area contributed by atoms with Gasteiger partial charge in [0, 0.05) is 34.1 Å². The van der Waals surface area contributed by atoms with Crippen LogP contribution in [-0.2, 0) is 13.8 Å². The summed E-state index contributed by atoms with van der Waals surface area (Å²) >= 11 is 3.16. The van der Waals surface area contributed by atoms with Crippen LogP contribution in [0.4, 0.5) is 0 Å². The molecule has 0 spiro atoms. The topological polar surface area (TPSA) is 107 Å². The fourth-order valence-electron chi connectivity index (χ4n) is 4.16. The van der Waals surface area contributed by atoms with Crippen LogP contribution in [0.5, 0.6) is 5.75 Å². The molecule has 0 saturated carbocycles. The van der Waals surface area contributed by atoms with Crippen molar-refractivity contribution >= 4 is 41.4 Å². The number of carbonyl (C=O) groups is 1. The van der Waals surface area contributed by atoms with Crippen LogP contribution in [0, 0.1) is 17.2 Å². The zero-order valence-corrected chi connectivity index (χ0v) is 19.1. The largest absolute Gasteiger partial charge is 0.505 e. The van der Waals surface area contributed by atoms with E-state index in [1.54, 1.807) is 6.92 Å². The highest BCUT2D eigenvalue weighted by molar-refractivity contribution is 9.10. The van der Waals surface area contributed by atoms with Gasteiger partial charge in [0.05, 0.1) is 22.0 Å². The van der Waals surface area contributed by atoms with Crippen molar-refractivity contribution in [3.8, 4) is 11.8 Å². The summed E-state index contributed by atoms with van der Waals surface area (Å²) < 4.78 is 24.0. The molecule has 0 fully saturated rings. The van der Waals surface area contributed by atoms with E-state index >= 15 is 0 Å². The lowest BCUT2D eigenvalue weighted by atomic mass is 9.72. The molecule has 0 saturated heterocycles. The number of Topliss-reactive ketones (excluding diaryl/α,β-unsaturated/α-hetero) is 1. The third kappa shape index (κ3) is 4.09. The molecule has 1 aromatic carbocycles. The van der Waals surface area contributed by atoms with Gasteiger partial charge in [-0.3, -0.25) is 4.79 Å². The van der Waals surface area contributed by atoms with Crippen LogP contribution in [0.1, 0.15) is 51.0 Å². The average molecular weight is 500 g/mol. The molecule has 0 aromatic heterocycles. The Morgan fingerprint density at radius 2 is 2.07 bits per heavy atom. The van der Waals surface area contributed by atoms with E-state index in [1.807, 2.05) is 0 Å². The second kappa shape index (κ2) is 8.13. The first kappa shape index (κ1) is 21.9. The Bertz CT molecular complexity index is 1100. The van der Waals surface area contributed by atoms with Gasteiger partial charge in [0.25, 0.3) is 9.05 Å². The summed E-state index contributed by atoms with van der Waals surface area (Å²) in [6.07, 6.45) is 3.00. The number of carbonyl (C=O) groups excluding carboxylic acids is 1. The predicted molar refractivity (Wildman–Crippen MR) is 113 cm³/mol. The number of nitriles is 1. The summed E-state index contributed by atoms with van der Waals surface area (Å²) in [5.74, 6) is -1.05. The Kier molecular flexibility index (Phi) is 6.13. The van der Waals surface area contributed by atoms with Gasteiger partial charge in [-0.15, -0.1) is 0 Å². The van der Waals surface area contributed by atoms with Crippen LogP contribution in [0.25, 0.3) is 0 Å². The van der Waals surface area contributed by atoms with Crippen LogP contribution in [0.3, 0.4) is 0 Å². The number of phenolic OH excluding ortho intramolecular Hbond substituents is 1. The third-order valence-corrected chi connectivity index (χ3v) is 7.32. The van der Waals surface area contributed by atoms with Gasteiger partial charge < -0.3 is 10.4 Å². The van der Waals surface area contributed by atoms with Gasteiger partial charge in [0.1, 0.15) is 10.6 Å². The molecule has 1 aromatic rings. The van der Waals surface area contributed by atoms with E-state index in [4.69, 9.17) is 10.7 Å². The fraction of sp³-hybridized carbons (Fsp3) is 0.400. The smallest absolute Gasteiger partial charge is 0.265 e. The highest BCUT2D eigenvalue weighted by atomic mass is 79.9. The van der Waals surface area contributed by atoms with Crippen molar-refractivity contribution in [2.24, 2.45) is 5.92 Å². The van der Waals surface area contributed by atoms with Gasteiger partial charge in [0.15, 0.2) is 5.78 Å². The number of allylic oxidation sites excluding steroid dienone is 4. The van der Waals surface area contributed by atoms with Gasteiger partial charge in [-0.05, 0) is 59.3 Å². The van der Waals surface area contributed by atoms with E-state index in [2.05, 4.69) is 34.2 Å². The minimum Gasteiger partial charge on any atom is -0.505 e. The van der Waals surface area contributed by atoms with Crippen LogP contribution in [-0.4, -0.2) is 19.3 Å². The molecular weight excluding hydrogens is 480 g/mol. The van der Waals surface area contributed by atoms with E-state index < -0.39 is 25.6 Å². The third-order valence-electron chi connectivity index (χ3n) is 5.38. The molecule has 1 aliphatic carbocycles. The van der Waals surface area contributed by atoms with E-state index in [1.165, 1.54) is 12.1 Å². The molecule has 6 nitrogen and oxygen atoms in total. The molecule has 0 amide bonds. The molecule has 1 aliphatic heterocycles. The normalized spacial score (nSPS) is 22.2. The number of halogens is 2. The Morgan fingerprint density at radius 1 is 1.38 bits per heavy atom. The summed E-state index contributed by atoms with van der Waals surface area (Å²) in [6.45, 7) is 3.84. The number of rotatable bonds is 4. The van der Waals surface area contributed by atoms with Crippen molar-refractivity contribution in [3.05, 3.63) is 44.7 Å². The molecular formula is C20H20BrClN2O4S. The van der Waals surface area contributed by atoms with Gasteiger partial charge >= 0.3 is 0 Å². The maximum absolute atomic E-state index is 13.1. The van der Waals surface area contributed by atoms with Crippen LogP contribution < -0.4 is 5.32 Å². The standard InChI is InChI=1S/C20H20BrClN2O4S/c1-3-4-11-5-15-19(16(25)6-11)18(13(9-23)10(2)24-15)12-7-14(21)20(26)17(8-12)29(22,27)28/h7-8,11,18,24,26H,3-6H2,1-2H3. The second-order valence-corrected chi connectivity index (χ2v) is 10.8. The summed E-state index contributed by atoms with van der Waals surface area (Å²) in [7, 11) is 1.25. The molecule has 2 unspecified atom stereocenters. The first-order chi connectivity index (χ1) is 13.6. The monoisotopic (exact) mass is 498 g/mol. The second-order valence-electron chi connectivity index (χ2n) is 7.37. The van der Waals surface area contributed by atoms with Crippen molar-refractivity contribution in [1.29, 1.82) is 5.26 Å². The Labute approximate surface area is 182 Å². The van der Waals surface area contributed by atoms with Crippen molar-refractivity contribution in [2.45, 2.75) is 50.3 Å². The zero-order valence-electron chi connectivity index (χ0n) is 15.9. The number of hydrogen-bond donors (Lipinski definition) is 2. The quantitative estimate of drug-likeness (QED) is 0.586. The summed E-state index contributed by atoms with van der Waals surface area (Å²) in [6, 6.07) is 4.92. The number of phenols is 1. The number of aromatic hydroxyl groups is 1. The first-order valence-electron chi connectivity index (χ1n) is 9.19. The van der Waals surface area contributed by atoms with Crippen molar-refractivity contribution in [3.63, 3.8) is 0 Å². The van der Waals surface area contributed by atoms with Gasteiger partial charge in [-0.25, -0.2) is 8.42 Å². The van der Waals surface area contributed by atoms with Crippen molar-refractivity contribution < 1.29 is 18.3 Å². The SMILES string of the molecule is CCCC1CC(=O)C2=C(C1)NC(C)=C(C#N)C2c1cc(Br)c(O)c(S(=O)(=O)Cl)c1. The highest BCUT2D eigenvalue weighted by Crippen LogP contribution is 2.46. The molecule has 9 heteroatoms. The molecule has 2 aliphatic rings. The highest BCUT2D eigenvalue weighted by Gasteiger charge is 2.39. The minimum absolute atomic E-state index is 0.0538. The lowest BCUT2D eigenvalue weighted by Crippen LogP contribution is -2.34. The van der Waals surface area contributed by atoms with Gasteiger partial charge in [-0.1, -0.05) is 13.3 Å². The summed E-state index contributed by atoms with van der Waals surface area (Å²) in [5.41, 5.74) is 2.62. The van der Waals surface area contributed by atoms with Crippen molar-refractivity contribution in [2.75, 3.05) is 0 Å². The predicted octanol–water partition coefficient (Wildman–Crippen LogP) is 4.60. The molecule has 1 heterocycles. The summed E-state index contributed by atoms with van der Waals surface area (Å²) in [4.78, 5) is 12.6. The van der Waals surface area contributed by atoms with E-state index in [9.17, 15) is 23.6 Å². The lowest BCUT2D eigenvalue weighted by molar-refractivity contribution is -0.117. The van der Waals surface area contributed by atoms with Crippen LogP contribution >= 0.6 is 26.6 Å². The Hall–Kier alpha value is -1.82. The lowest BCUT2D eigenvalue weighted by Gasteiger charge is -2.35. The van der Waals surface area contributed by atoms with Gasteiger partial charge in [0.2, 0.25) is 0 Å². The molecule has 154 valence electrons. The molecule has 3 rings (SSSR count). The first-order valence-corrected chi connectivity index (χ1v) is 12.3. The Morgan fingerprint density at radius 3 is 2.66 bits per heavy atom. The number of ketones is 1. The number of benzene rings is 1. The molecule has 29 heavy (non-hydrogen) atoms. The van der Waals surface area contributed by atoms with Crippen molar-refractivity contribution in [1.82, 2.24) is 5.32 Å². The Balaban J connectivity index is 2.23. The number of hydrogen-bond acceptors (Lipinski definition) is 6. The van der Waals surface area contributed by atoms with Gasteiger partial charge in [-0.2, -0.15) is 5.26 Å². The number of nitrogens with one attached hydrogen (secondary N) is 1. The van der Waals surface area contributed by atoms with Crippen LogP contribution in [0.2, 0.25) is 0 Å².